The molecule has 2 saturated heterocycles. The van der Waals surface area contributed by atoms with Gasteiger partial charge in [-0.3, -0.25) is 19.3 Å². The quantitative estimate of drug-likeness (QED) is 0.735. The number of nitrogens with two attached hydrogens (primary N) is 1. The molecule has 2 heterocycles. The van der Waals surface area contributed by atoms with Crippen LogP contribution in [0.2, 0.25) is 0 Å². The predicted molar refractivity (Wildman–Crippen MR) is 101 cm³/mol. The molecule has 0 aromatic heterocycles. The number of benzene rings is 1. The summed E-state index contributed by atoms with van der Waals surface area (Å²) < 4.78 is 0.844. The number of carbonyl (C=O) groups excluding carboxylic acids is 3. The molecule has 0 radical (unpaired) electrons. The van der Waals surface area contributed by atoms with Crippen molar-refractivity contribution in [3.63, 3.8) is 0 Å². The smallest absolute Gasteiger partial charge is 0.231 e. The Labute approximate surface area is 161 Å². The molecule has 1 atom stereocenters. The second-order valence-electron chi connectivity index (χ2n) is 6.88. The number of nitrogens with zero attached hydrogens (tertiary/aromatic N) is 2. The lowest BCUT2D eigenvalue weighted by atomic mass is 10.0. The molecule has 1 aromatic carbocycles. The first-order chi connectivity index (χ1) is 12.4. The number of hydrogen-bond acceptors (Lipinski definition) is 4. The fourth-order valence-electron chi connectivity index (χ4n) is 3.56. The third-order valence-electron chi connectivity index (χ3n) is 4.95. The van der Waals surface area contributed by atoms with Crippen LogP contribution in [0.4, 0.5) is 5.69 Å². The number of likely N-dealkylation sites (tertiary alicyclic amines) is 1. The van der Waals surface area contributed by atoms with Gasteiger partial charge in [0.15, 0.2) is 0 Å². The summed E-state index contributed by atoms with van der Waals surface area (Å²) in [7, 11) is 0. The van der Waals surface area contributed by atoms with E-state index >= 15 is 0 Å². The predicted octanol–water partition coefficient (Wildman–Crippen LogP) is 0.868. The minimum Gasteiger partial charge on any atom is -0.369 e. The van der Waals surface area contributed by atoms with Crippen LogP contribution < -0.4 is 16.0 Å². The highest BCUT2D eigenvalue weighted by atomic mass is 79.9. The van der Waals surface area contributed by atoms with Gasteiger partial charge in [-0.15, -0.1) is 0 Å². The Kier molecular flexibility index (Phi) is 5.93. The zero-order valence-electron chi connectivity index (χ0n) is 14.5. The molecule has 0 aliphatic carbocycles. The second-order valence-corrected chi connectivity index (χ2v) is 7.74. The summed E-state index contributed by atoms with van der Waals surface area (Å²) in [6, 6.07) is 7.61. The number of halogens is 1. The van der Waals surface area contributed by atoms with Gasteiger partial charge in [-0.1, -0.05) is 12.1 Å². The van der Waals surface area contributed by atoms with Gasteiger partial charge in [-0.2, -0.15) is 0 Å². The molecular formula is C18H23BrN4O3. The van der Waals surface area contributed by atoms with Crippen molar-refractivity contribution in [2.75, 3.05) is 31.1 Å². The van der Waals surface area contributed by atoms with Crippen molar-refractivity contribution in [1.82, 2.24) is 10.2 Å². The topological polar surface area (TPSA) is 95.7 Å². The number of rotatable bonds is 5. The van der Waals surface area contributed by atoms with Gasteiger partial charge in [0.25, 0.3) is 0 Å². The Morgan fingerprint density at radius 2 is 1.92 bits per heavy atom. The molecule has 1 aromatic rings. The van der Waals surface area contributed by atoms with Gasteiger partial charge in [0, 0.05) is 36.6 Å². The molecule has 8 heteroatoms. The standard InChI is InChI=1S/C18H23BrN4O3/c19-14-3-1-2-4-15(14)23-10-12(9-17(23)25)18(26)21-13-5-7-22(8-6-13)11-16(20)24/h1-4,12-13H,5-11H2,(H2,20,24)(H,21,26). The SMILES string of the molecule is NC(=O)CN1CCC(NC(=O)C2CC(=O)N(c3ccccc3Br)C2)CC1. The molecule has 3 amide bonds. The van der Waals surface area contributed by atoms with Crippen LogP contribution in [0, 0.1) is 5.92 Å². The van der Waals surface area contributed by atoms with Gasteiger partial charge in [0.2, 0.25) is 17.7 Å². The van der Waals surface area contributed by atoms with E-state index in [2.05, 4.69) is 21.2 Å². The average Bonchev–Trinajstić information content (AvgIpc) is 2.98. The fraction of sp³-hybridized carbons (Fsp3) is 0.500. The first kappa shape index (κ1) is 18.8. The molecule has 1 unspecified atom stereocenters. The van der Waals surface area contributed by atoms with E-state index in [4.69, 9.17) is 5.73 Å². The number of amides is 3. The maximum atomic E-state index is 12.6. The average molecular weight is 423 g/mol. The summed E-state index contributed by atoms with van der Waals surface area (Å²) in [4.78, 5) is 39.6. The molecule has 7 nitrogen and oxygen atoms in total. The van der Waals surface area contributed by atoms with E-state index in [1.165, 1.54) is 0 Å². The summed E-state index contributed by atoms with van der Waals surface area (Å²) in [5, 5.41) is 3.07. The number of hydrogen-bond donors (Lipinski definition) is 2. The number of para-hydroxylation sites is 1. The highest BCUT2D eigenvalue weighted by Crippen LogP contribution is 2.31. The molecular weight excluding hydrogens is 400 g/mol. The van der Waals surface area contributed by atoms with Crippen LogP contribution in [0.15, 0.2) is 28.7 Å². The van der Waals surface area contributed by atoms with E-state index in [0.717, 1.165) is 36.1 Å². The van der Waals surface area contributed by atoms with Gasteiger partial charge in [0.05, 0.1) is 18.2 Å². The zero-order chi connectivity index (χ0) is 18.7. The van der Waals surface area contributed by atoms with E-state index in [0.29, 0.717) is 6.54 Å². The van der Waals surface area contributed by atoms with Gasteiger partial charge in [-0.05, 0) is 40.9 Å². The van der Waals surface area contributed by atoms with Crippen LogP contribution in [-0.2, 0) is 14.4 Å². The molecule has 2 fully saturated rings. The minimum absolute atomic E-state index is 0.0340. The summed E-state index contributed by atoms with van der Waals surface area (Å²) in [5.41, 5.74) is 6.01. The Hall–Kier alpha value is -1.93. The summed E-state index contributed by atoms with van der Waals surface area (Å²) >= 11 is 3.46. The summed E-state index contributed by atoms with van der Waals surface area (Å²) in [6.45, 7) is 2.13. The van der Waals surface area contributed by atoms with Gasteiger partial charge in [-0.25, -0.2) is 0 Å². The number of nitrogens with one attached hydrogen (secondary N) is 1. The van der Waals surface area contributed by atoms with Gasteiger partial charge >= 0.3 is 0 Å². The zero-order valence-corrected chi connectivity index (χ0v) is 16.1. The molecule has 0 saturated carbocycles. The fourth-order valence-corrected chi connectivity index (χ4v) is 4.06. The van der Waals surface area contributed by atoms with Crippen LogP contribution >= 0.6 is 15.9 Å². The summed E-state index contributed by atoms with van der Waals surface area (Å²) in [6.07, 6.45) is 1.80. The second kappa shape index (κ2) is 8.18. The maximum Gasteiger partial charge on any atom is 0.231 e. The molecule has 3 N–H and O–H groups in total. The number of piperidine rings is 1. The van der Waals surface area contributed by atoms with Crippen molar-refractivity contribution in [3.05, 3.63) is 28.7 Å². The highest BCUT2D eigenvalue weighted by Gasteiger charge is 2.36. The monoisotopic (exact) mass is 422 g/mol. The molecule has 3 rings (SSSR count). The van der Waals surface area contributed by atoms with Crippen molar-refractivity contribution in [2.24, 2.45) is 11.7 Å². The van der Waals surface area contributed by atoms with E-state index in [1.807, 2.05) is 29.2 Å². The maximum absolute atomic E-state index is 12.6. The normalized spacial score (nSPS) is 21.8. The van der Waals surface area contributed by atoms with Crippen LogP contribution in [0.3, 0.4) is 0 Å². The lowest BCUT2D eigenvalue weighted by Crippen LogP contribution is -2.48. The number of primary amides is 1. The lowest BCUT2D eigenvalue weighted by Gasteiger charge is -2.32. The lowest BCUT2D eigenvalue weighted by molar-refractivity contribution is -0.127. The van der Waals surface area contributed by atoms with Crippen molar-refractivity contribution in [2.45, 2.75) is 25.3 Å². The van der Waals surface area contributed by atoms with Crippen LogP contribution in [0.1, 0.15) is 19.3 Å². The highest BCUT2D eigenvalue weighted by molar-refractivity contribution is 9.10. The minimum atomic E-state index is -0.335. The van der Waals surface area contributed by atoms with Crippen molar-refractivity contribution in [3.8, 4) is 0 Å². The third kappa shape index (κ3) is 4.42. The Bertz CT molecular complexity index is 703. The Morgan fingerprint density at radius 1 is 1.23 bits per heavy atom. The first-order valence-corrected chi connectivity index (χ1v) is 9.59. The van der Waals surface area contributed by atoms with Crippen LogP contribution in [0.25, 0.3) is 0 Å². The van der Waals surface area contributed by atoms with E-state index < -0.39 is 0 Å². The van der Waals surface area contributed by atoms with Crippen LogP contribution in [-0.4, -0.2) is 54.8 Å². The van der Waals surface area contributed by atoms with Gasteiger partial charge in [0.1, 0.15) is 0 Å². The van der Waals surface area contributed by atoms with Crippen molar-refractivity contribution >= 4 is 39.3 Å². The van der Waals surface area contributed by atoms with Crippen molar-refractivity contribution < 1.29 is 14.4 Å². The van der Waals surface area contributed by atoms with Crippen LogP contribution in [0.5, 0.6) is 0 Å². The molecule has 26 heavy (non-hydrogen) atoms. The largest absolute Gasteiger partial charge is 0.369 e. The summed E-state index contributed by atoms with van der Waals surface area (Å²) in [5.74, 6) is -0.767. The molecule has 2 aliphatic heterocycles. The number of anilines is 1. The number of carbonyl (C=O) groups is 3. The van der Waals surface area contributed by atoms with E-state index in [-0.39, 0.29) is 42.6 Å². The van der Waals surface area contributed by atoms with Gasteiger partial charge < -0.3 is 16.0 Å². The third-order valence-corrected chi connectivity index (χ3v) is 5.62. The molecule has 2 aliphatic rings. The van der Waals surface area contributed by atoms with E-state index in [9.17, 15) is 14.4 Å². The Morgan fingerprint density at radius 3 is 2.58 bits per heavy atom. The molecule has 0 spiro atoms. The van der Waals surface area contributed by atoms with Crippen molar-refractivity contribution in [1.29, 1.82) is 0 Å². The molecule has 0 bridgehead atoms. The molecule has 140 valence electrons. The van der Waals surface area contributed by atoms with E-state index in [1.54, 1.807) is 4.90 Å². The Balaban J connectivity index is 1.53. The first-order valence-electron chi connectivity index (χ1n) is 8.80.